The van der Waals surface area contributed by atoms with Crippen LogP contribution in [-0.2, 0) is 22.1 Å². The molecule has 0 radical (unpaired) electrons. The molecular formula is C30H34ClF4NO3. The number of halogens is 5. The summed E-state index contributed by atoms with van der Waals surface area (Å²) in [5.74, 6) is -0.0992. The van der Waals surface area contributed by atoms with Crippen molar-refractivity contribution in [2.24, 2.45) is 11.8 Å². The molecule has 0 bridgehead atoms. The highest BCUT2D eigenvalue weighted by Crippen LogP contribution is 2.49. The minimum atomic E-state index is -4.65. The number of piperidine rings is 1. The molecule has 0 aromatic heterocycles. The van der Waals surface area contributed by atoms with Gasteiger partial charge in [0.15, 0.2) is 0 Å². The normalized spacial score (nSPS) is 21.5. The summed E-state index contributed by atoms with van der Waals surface area (Å²) in [6.45, 7) is 4.88. The number of alkyl halides is 3. The lowest BCUT2D eigenvalue weighted by molar-refractivity contribution is -0.145. The molecule has 3 atom stereocenters. The van der Waals surface area contributed by atoms with Crippen LogP contribution in [-0.4, -0.2) is 36.7 Å². The van der Waals surface area contributed by atoms with E-state index in [1.54, 1.807) is 6.92 Å². The second-order valence-electron chi connectivity index (χ2n) is 11.4. The smallest absolute Gasteiger partial charge is 0.416 e. The molecule has 9 heteroatoms. The van der Waals surface area contributed by atoms with Crippen molar-refractivity contribution in [3.63, 3.8) is 0 Å². The van der Waals surface area contributed by atoms with Crippen molar-refractivity contribution in [1.82, 2.24) is 4.90 Å². The molecule has 1 spiro atoms. The van der Waals surface area contributed by atoms with Crippen LogP contribution in [0.3, 0.4) is 0 Å². The molecule has 0 amide bonds. The van der Waals surface area contributed by atoms with Crippen molar-refractivity contribution in [2.75, 3.05) is 20.2 Å². The van der Waals surface area contributed by atoms with Crippen molar-refractivity contribution in [1.29, 1.82) is 0 Å². The maximum Gasteiger partial charge on any atom is 0.416 e. The third-order valence-corrected chi connectivity index (χ3v) is 9.38. The molecule has 2 aliphatic heterocycles. The SMILES string of the molecule is COC(=O)C(C)C(c1ccc2c(c1)OC1(CC2)CCN(C(C)c2cc(C(F)(F)F)cc(F)c2Cl)CC1)C1CC1. The molecule has 1 saturated heterocycles. The Balaban J connectivity index is 1.31. The van der Waals surface area contributed by atoms with E-state index in [0.29, 0.717) is 37.9 Å². The average Bonchev–Trinajstić information content (AvgIpc) is 3.74. The highest BCUT2D eigenvalue weighted by Gasteiger charge is 2.43. The largest absolute Gasteiger partial charge is 0.487 e. The van der Waals surface area contributed by atoms with Gasteiger partial charge in [0.25, 0.3) is 0 Å². The van der Waals surface area contributed by atoms with Gasteiger partial charge in [-0.05, 0) is 92.2 Å². The van der Waals surface area contributed by atoms with Gasteiger partial charge >= 0.3 is 12.1 Å². The van der Waals surface area contributed by atoms with E-state index in [-0.39, 0.29) is 34.0 Å². The number of carbonyl (C=O) groups excluding carboxylic acids is 1. The molecule has 2 aromatic carbocycles. The van der Waals surface area contributed by atoms with Crippen LogP contribution in [0.1, 0.15) is 80.2 Å². The van der Waals surface area contributed by atoms with Gasteiger partial charge in [0, 0.05) is 19.1 Å². The fraction of sp³-hybridized carbons (Fsp3) is 0.567. The molecule has 4 nitrogen and oxygen atoms in total. The molecule has 1 saturated carbocycles. The predicted molar refractivity (Wildman–Crippen MR) is 140 cm³/mol. The molecule has 39 heavy (non-hydrogen) atoms. The van der Waals surface area contributed by atoms with Gasteiger partial charge in [-0.2, -0.15) is 13.2 Å². The topological polar surface area (TPSA) is 38.8 Å². The van der Waals surface area contributed by atoms with Crippen molar-refractivity contribution >= 4 is 17.6 Å². The first-order valence-corrected chi connectivity index (χ1v) is 14.0. The van der Waals surface area contributed by atoms with Gasteiger partial charge in [0.05, 0.1) is 23.6 Å². The van der Waals surface area contributed by atoms with Gasteiger partial charge in [-0.25, -0.2) is 4.39 Å². The lowest BCUT2D eigenvalue weighted by Crippen LogP contribution is -2.50. The molecule has 1 aliphatic carbocycles. The Kier molecular flexibility index (Phi) is 7.66. The Morgan fingerprint density at radius 1 is 1.13 bits per heavy atom. The first-order valence-electron chi connectivity index (χ1n) is 13.6. The summed E-state index contributed by atoms with van der Waals surface area (Å²) >= 11 is 6.12. The monoisotopic (exact) mass is 567 g/mol. The molecule has 3 unspecified atom stereocenters. The van der Waals surface area contributed by atoms with Crippen molar-refractivity contribution in [2.45, 2.75) is 76.1 Å². The number of hydrogen-bond donors (Lipinski definition) is 0. The van der Waals surface area contributed by atoms with Crippen LogP contribution in [0.4, 0.5) is 17.6 Å². The Hall–Kier alpha value is -2.32. The molecule has 5 rings (SSSR count). The number of carbonyl (C=O) groups is 1. The standard InChI is InChI=1S/C30H34ClF4NO3/c1-17(28(37)38-3)26(20-5-6-20)21-7-4-19-8-9-29(39-25(19)14-21)10-12-36(13-11-29)18(2)23-15-22(30(33,34)35)16-24(32)27(23)31/h4,7,14-18,20,26H,5-6,8-13H2,1-3H3. The number of rotatable bonds is 6. The number of fused-ring (bicyclic) bond motifs is 1. The average molecular weight is 568 g/mol. The van der Waals surface area contributed by atoms with E-state index in [4.69, 9.17) is 21.1 Å². The van der Waals surface area contributed by atoms with Gasteiger partial charge in [0.2, 0.25) is 0 Å². The first kappa shape index (κ1) is 28.2. The van der Waals surface area contributed by atoms with E-state index in [1.807, 2.05) is 11.8 Å². The number of ether oxygens (including phenoxy) is 2. The zero-order chi connectivity index (χ0) is 28.1. The van der Waals surface area contributed by atoms with E-state index < -0.39 is 23.6 Å². The van der Waals surface area contributed by atoms with E-state index >= 15 is 0 Å². The quantitative estimate of drug-likeness (QED) is 0.265. The third-order valence-electron chi connectivity index (χ3n) is 8.98. The molecule has 0 N–H and O–H groups in total. The molecule has 3 aliphatic rings. The van der Waals surface area contributed by atoms with Crippen LogP contribution in [0.25, 0.3) is 0 Å². The highest BCUT2D eigenvalue weighted by atomic mass is 35.5. The number of benzene rings is 2. The minimum Gasteiger partial charge on any atom is -0.487 e. The van der Waals surface area contributed by atoms with E-state index in [2.05, 4.69) is 18.2 Å². The molecule has 212 valence electrons. The lowest BCUT2D eigenvalue weighted by Gasteiger charge is -2.46. The Bertz CT molecular complexity index is 1240. The Morgan fingerprint density at radius 3 is 2.44 bits per heavy atom. The molecule has 2 aromatic rings. The zero-order valence-corrected chi connectivity index (χ0v) is 23.2. The van der Waals surface area contributed by atoms with Crippen LogP contribution in [0.2, 0.25) is 5.02 Å². The van der Waals surface area contributed by atoms with Crippen molar-refractivity contribution in [3.05, 3.63) is 63.4 Å². The highest BCUT2D eigenvalue weighted by molar-refractivity contribution is 6.31. The van der Waals surface area contributed by atoms with E-state index in [9.17, 15) is 22.4 Å². The number of nitrogens with zero attached hydrogens (tertiary/aromatic N) is 1. The van der Waals surface area contributed by atoms with Crippen molar-refractivity contribution < 1.29 is 31.8 Å². The lowest BCUT2D eigenvalue weighted by atomic mass is 9.80. The van der Waals surface area contributed by atoms with E-state index in [0.717, 1.165) is 48.6 Å². The minimum absolute atomic E-state index is 0.0875. The number of likely N-dealkylation sites (tertiary alicyclic amines) is 1. The van der Waals surface area contributed by atoms with Crippen LogP contribution < -0.4 is 4.74 Å². The number of hydrogen-bond acceptors (Lipinski definition) is 4. The van der Waals surface area contributed by atoms with Gasteiger partial charge in [-0.3, -0.25) is 9.69 Å². The number of methoxy groups -OCH3 is 1. The fourth-order valence-corrected chi connectivity index (χ4v) is 6.70. The van der Waals surface area contributed by atoms with Crippen LogP contribution in [0, 0.1) is 17.7 Å². The maximum absolute atomic E-state index is 14.3. The van der Waals surface area contributed by atoms with Gasteiger partial charge in [0.1, 0.15) is 17.2 Å². The van der Waals surface area contributed by atoms with Crippen LogP contribution in [0.5, 0.6) is 5.75 Å². The fourth-order valence-electron chi connectivity index (χ4n) is 6.43. The van der Waals surface area contributed by atoms with Crippen molar-refractivity contribution in [3.8, 4) is 5.75 Å². The summed E-state index contributed by atoms with van der Waals surface area (Å²) < 4.78 is 65.9. The number of aryl methyl sites for hydroxylation is 1. The zero-order valence-electron chi connectivity index (χ0n) is 22.4. The van der Waals surface area contributed by atoms with Crippen LogP contribution in [0.15, 0.2) is 30.3 Å². The number of esters is 1. The summed E-state index contributed by atoms with van der Waals surface area (Å²) in [4.78, 5) is 14.4. The predicted octanol–water partition coefficient (Wildman–Crippen LogP) is 7.72. The molecule has 2 heterocycles. The summed E-state index contributed by atoms with van der Waals surface area (Å²) in [6, 6.07) is 7.25. The summed E-state index contributed by atoms with van der Waals surface area (Å²) in [6.07, 6.45) is 0.668. The maximum atomic E-state index is 14.3. The Morgan fingerprint density at radius 2 is 1.82 bits per heavy atom. The third kappa shape index (κ3) is 5.64. The van der Waals surface area contributed by atoms with E-state index in [1.165, 1.54) is 7.11 Å². The van der Waals surface area contributed by atoms with Gasteiger partial charge in [-0.1, -0.05) is 30.7 Å². The molecular weight excluding hydrogens is 534 g/mol. The summed E-state index contributed by atoms with van der Waals surface area (Å²) in [5, 5.41) is -0.266. The first-order chi connectivity index (χ1) is 18.4. The second kappa shape index (κ2) is 10.6. The second-order valence-corrected chi connectivity index (χ2v) is 11.8. The molecule has 2 fully saturated rings. The van der Waals surface area contributed by atoms with Gasteiger partial charge in [-0.15, -0.1) is 0 Å². The van der Waals surface area contributed by atoms with Crippen LogP contribution >= 0.6 is 11.6 Å². The summed E-state index contributed by atoms with van der Waals surface area (Å²) in [5.41, 5.74) is 0.984. The summed E-state index contributed by atoms with van der Waals surface area (Å²) in [7, 11) is 1.42. The Labute approximate surface area is 231 Å². The van der Waals surface area contributed by atoms with Gasteiger partial charge < -0.3 is 9.47 Å².